The van der Waals surface area contributed by atoms with E-state index < -0.39 is 0 Å². The summed E-state index contributed by atoms with van der Waals surface area (Å²) >= 11 is 1.63. The van der Waals surface area contributed by atoms with Crippen LogP contribution in [-0.4, -0.2) is 27.5 Å². The lowest BCUT2D eigenvalue weighted by molar-refractivity contribution is 0.0951. The summed E-state index contributed by atoms with van der Waals surface area (Å²) in [6, 6.07) is 13.3. The molecule has 2 aromatic carbocycles. The van der Waals surface area contributed by atoms with Gasteiger partial charge in [0.15, 0.2) is 16.7 Å². The fraction of sp³-hybridized carbons (Fsp3) is 0.292. The first kappa shape index (κ1) is 22.0. The van der Waals surface area contributed by atoms with Gasteiger partial charge in [-0.25, -0.2) is 0 Å². The Balaban J connectivity index is 1.33. The Morgan fingerprint density at radius 2 is 1.91 bits per heavy atom. The predicted molar refractivity (Wildman–Crippen MR) is 124 cm³/mol. The van der Waals surface area contributed by atoms with Crippen molar-refractivity contribution in [3.05, 3.63) is 77.6 Å². The van der Waals surface area contributed by atoms with Crippen molar-refractivity contribution in [2.75, 3.05) is 6.79 Å². The van der Waals surface area contributed by atoms with E-state index in [0.29, 0.717) is 30.3 Å². The number of carbonyl (C=O) groups is 1. The van der Waals surface area contributed by atoms with Crippen LogP contribution in [0.4, 0.5) is 0 Å². The van der Waals surface area contributed by atoms with E-state index in [9.17, 15) is 4.79 Å². The topological polar surface area (TPSA) is 78.3 Å². The molecule has 8 heteroatoms. The van der Waals surface area contributed by atoms with Crippen LogP contribution in [0.2, 0.25) is 0 Å². The number of benzene rings is 2. The van der Waals surface area contributed by atoms with E-state index in [1.54, 1.807) is 11.8 Å². The third-order valence-corrected chi connectivity index (χ3v) is 6.09. The summed E-state index contributed by atoms with van der Waals surface area (Å²) in [5.74, 6) is 3.33. The largest absolute Gasteiger partial charge is 0.454 e. The highest BCUT2D eigenvalue weighted by Gasteiger charge is 2.15. The van der Waals surface area contributed by atoms with Crippen LogP contribution in [0.15, 0.2) is 60.3 Å². The van der Waals surface area contributed by atoms with Crippen molar-refractivity contribution in [1.82, 2.24) is 20.1 Å². The second-order valence-corrected chi connectivity index (χ2v) is 8.69. The normalized spacial score (nSPS) is 12.2. The molecule has 7 nitrogen and oxygen atoms in total. The first-order valence-electron chi connectivity index (χ1n) is 10.5. The molecule has 1 aliphatic heterocycles. The number of nitrogens with one attached hydrogen (secondary N) is 1. The first-order chi connectivity index (χ1) is 15.5. The molecule has 3 aromatic rings. The van der Waals surface area contributed by atoms with Crippen LogP contribution in [0.3, 0.4) is 0 Å². The number of rotatable bonds is 9. The molecule has 0 spiro atoms. The number of allylic oxidation sites excluding steroid dienone is 1. The summed E-state index contributed by atoms with van der Waals surface area (Å²) in [4.78, 5) is 12.5. The molecule has 0 saturated carbocycles. The van der Waals surface area contributed by atoms with Crippen molar-refractivity contribution in [1.29, 1.82) is 0 Å². The van der Waals surface area contributed by atoms with Gasteiger partial charge < -0.3 is 19.4 Å². The molecular weight excluding hydrogens is 424 g/mol. The Hall–Kier alpha value is -3.26. The Bertz CT molecular complexity index is 1110. The molecule has 1 amide bonds. The van der Waals surface area contributed by atoms with E-state index in [2.05, 4.69) is 40.5 Å². The standard InChI is InChI=1S/C24H26N4O3S/c1-4-11-28-22(16(2)3)26-27-24(28)32-14-17-5-8-19(9-6-17)23(29)25-13-18-7-10-20-21(12-18)31-15-30-20/h4-10,12,16H,1,11,13-15H2,2-3H3,(H,25,29). The summed E-state index contributed by atoms with van der Waals surface area (Å²) in [5, 5.41) is 12.5. The van der Waals surface area contributed by atoms with Gasteiger partial charge in [0.2, 0.25) is 6.79 Å². The quantitative estimate of drug-likeness (QED) is 0.381. The number of thioether (sulfide) groups is 1. The molecule has 0 saturated heterocycles. The number of amides is 1. The van der Waals surface area contributed by atoms with Gasteiger partial charge in [0.1, 0.15) is 5.82 Å². The third kappa shape index (κ3) is 4.96. The molecular formula is C24H26N4O3S. The molecule has 0 unspecified atom stereocenters. The highest BCUT2D eigenvalue weighted by atomic mass is 32.2. The molecule has 2 heterocycles. The molecule has 4 rings (SSSR count). The summed E-state index contributed by atoms with van der Waals surface area (Å²) in [5.41, 5.74) is 2.69. The van der Waals surface area contributed by atoms with Gasteiger partial charge >= 0.3 is 0 Å². The van der Waals surface area contributed by atoms with E-state index in [4.69, 9.17) is 9.47 Å². The van der Waals surface area contributed by atoms with E-state index in [-0.39, 0.29) is 12.7 Å². The second-order valence-electron chi connectivity index (χ2n) is 7.75. The smallest absolute Gasteiger partial charge is 0.251 e. The Labute approximate surface area is 191 Å². The number of hydrogen-bond acceptors (Lipinski definition) is 6. The fourth-order valence-corrected chi connectivity index (χ4v) is 4.28. The van der Waals surface area contributed by atoms with Gasteiger partial charge in [0.25, 0.3) is 5.91 Å². The summed E-state index contributed by atoms with van der Waals surface area (Å²) in [6.07, 6.45) is 1.86. The van der Waals surface area contributed by atoms with Crippen LogP contribution in [0.5, 0.6) is 11.5 Å². The fourth-order valence-electron chi connectivity index (χ4n) is 3.37. The number of ether oxygens (including phenoxy) is 2. The lowest BCUT2D eigenvalue weighted by Crippen LogP contribution is -2.22. The van der Waals surface area contributed by atoms with Crippen LogP contribution >= 0.6 is 11.8 Å². The summed E-state index contributed by atoms with van der Waals surface area (Å²) < 4.78 is 12.8. The van der Waals surface area contributed by atoms with Gasteiger partial charge in [0, 0.05) is 30.3 Å². The van der Waals surface area contributed by atoms with Crippen molar-refractivity contribution < 1.29 is 14.3 Å². The molecule has 32 heavy (non-hydrogen) atoms. The van der Waals surface area contributed by atoms with Gasteiger partial charge in [-0.05, 0) is 35.4 Å². The minimum atomic E-state index is -0.117. The number of nitrogens with zero attached hydrogens (tertiary/aromatic N) is 3. The van der Waals surface area contributed by atoms with Gasteiger partial charge in [-0.2, -0.15) is 0 Å². The minimum Gasteiger partial charge on any atom is -0.454 e. The zero-order valence-electron chi connectivity index (χ0n) is 18.2. The Kier molecular flexibility index (Phi) is 6.80. The van der Waals surface area contributed by atoms with Crippen molar-refractivity contribution >= 4 is 17.7 Å². The number of fused-ring (bicyclic) bond motifs is 1. The van der Waals surface area contributed by atoms with Crippen LogP contribution in [-0.2, 0) is 18.8 Å². The minimum absolute atomic E-state index is 0.117. The Morgan fingerprint density at radius 3 is 2.66 bits per heavy atom. The highest BCUT2D eigenvalue weighted by Crippen LogP contribution is 2.32. The maximum Gasteiger partial charge on any atom is 0.251 e. The molecule has 166 valence electrons. The van der Waals surface area contributed by atoms with Crippen LogP contribution in [0.1, 0.15) is 47.1 Å². The molecule has 0 bridgehead atoms. The van der Waals surface area contributed by atoms with Crippen molar-refractivity contribution in [3.8, 4) is 11.5 Å². The molecule has 1 aromatic heterocycles. The van der Waals surface area contributed by atoms with Gasteiger partial charge in [0.05, 0.1) is 0 Å². The number of aromatic nitrogens is 3. The third-order valence-electron chi connectivity index (χ3n) is 5.05. The van der Waals surface area contributed by atoms with E-state index >= 15 is 0 Å². The maximum atomic E-state index is 12.5. The molecule has 1 aliphatic rings. The van der Waals surface area contributed by atoms with Crippen LogP contribution in [0.25, 0.3) is 0 Å². The average molecular weight is 451 g/mol. The first-order valence-corrected chi connectivity index (χ1v) is 11.5. The summed E-state index contributed by atoms with van der Waals surface area (Å²) in [7, 11) is 0. The Morgan fingerprint density at radius 1 is 1.16 bits per heavy atom. The van der Waals surface area contributed by atoms with Crippen molar-refractivity contribution in [3.63, 3.8) is 0 Å². The van der Waals surface area contributed by atoms with Crippen LogP contribution in [0, 0.1) is 0 Å². The summed E-state index contributed by atoms with van der Waals surface area (Å²) in [6.45, 7) is 9.39. The SMILES string of the molecule is C=CCn1c(SCc2ccc(C(=O)NCc3ccc4c(c3)OCO4)cc2)nnc1C(C)C. The molecule has 1 N–H and O–H groups in total. The highest BCUT2D eigenvalue weighted by molar-refractivity contribution is 7.98. The molecule has 0 radical (unpaired) electrons. The van der Waals surface area contributed by atoms with E-state index in [1.807, 2.05) is 48.5 Å². The van der Waals surface area contributed by atoms with Crippen molar-refractivity contribution in [2.45, 2.75) is 43.8 Å². The van der Waals surface area contributed by atoms with E-state index in [0.717, 1.165) is 33.6 Å². The lowest BCUT2D eigenvalue weighted by atomic mass is 10.1. The number of hydrogen-bond donors (Lipinski definition) is 1. The molecule has 0 aliphatic carbocycles. The monoisotopic (exact) mass is 450 g/mol. The zero-order valence-corrected chi connectivity index (χ0v) is 19.0. The maximum absolute atomic E-state index is 12.5. The second kappa shape index (κ2) is 9.91. The lowest BCUT2D eigenvalue weighted by Gasteiger charge is -2.10. The average Bonchev–Trinajstić information content (AvgIpc) is 3.43. The van der Waals surface area contributed by atoms with Crippen LogP contribution < -0.4 is 14.8 Å². The number of carbonyl (C=O) groups excluding carboxylic acids is 1. The predicted octanol–water partition coefficient (Wildman–Crippen LogP) is 4.54. The van der Waals surface area contributed by atoms with Gasteiger partial charge in [-0.3, -0.25) is 4.79 Å². The van der Waals surface area contributed by atoms with Gasteiger partial charge in [-0.1, -0.05) is 49.9 Å². The molecule has 0 fully saturated rings. The zero-order chi connectivity index (χ0) is 22.5. The van der Waals surface area contributed by atoms with Crippen molar-refractivity contribution in [2.24, 2.45) is 0 Å². The van der Waals surface area contributed by atoms with Gasteiger partial charge in [-0.15, -0.1) is 16.8 Å². The van der Waals surface area contributed by atoms with E-state index in [1.165, 1.54) is 0 Å². The molecule has 0 atom stereocenters.